The Kier molecular flexibility index (Phi) is 4.02. The normalized spacial score (nSPS) is 10.3. The molecule has 0 aliphatic carbocycles. The van der Waals surface area contributed by atoms with E-state index in [1.54, 1.807) is 12.1 Å². The van der Waals surface area contributed by atoms with E-state index in [-0.39, 0.29) is 5.56 Å². The maximum Gasteiger partial charge on any atom is 0.377 e. The molecule has 0 saturated heterocycles. The Morgan fingerprint density at radius 2 is 0.957 bits per heavy atom. The van der Waals surface area contributed by atoms with E-state index in [1.807, 2.05) is 42.5 Å². The van der Waals surface area contributed by atoms with Gasteiger partial charge in [-0.05, 0) is 22.3 Å². The van der Waals surface area contributed by atoms with Gasteiger partial charge in [-0.25, -0.2) is 4.79 Å². The van der Waals surface area contributed by atoms with Crippen LogP contribution in [0.3, 0.4) is 0 Å². The molecule has 23 heavy (non-hydrogen) atoms. The van der Waals surface area contributed by atoms with Crippen molar-refractivity contribution < 1.29 is 14.7 Å². The lowest BCUT2D eigenvalue weighted by atomic mass is 9.99. The van der Waals surface area contributed by atoms with E-state index in [9.17, 15) is 9.59 Å². The van der Waals surface area contributed by atoms with Crippen LogP contribution in [0.4, 0.5) is 0 Å². The molecule has 3 heteroatoms. The van der Waals surface area contributed by atoms with Crippen molar-refractivity contribution in [1.82, 2.24) is 0 Å². The van der Waals surface area contributed by atoms with Crippen molar-refractivity contribution in [1.29, 1.82) is 0 Å². The van der Waals surface area contributed by atoms with Gasteiger partial charge in [-0.2, -0.15) is 0 Å². The molecule has 0 saturated carbocycles. The SMILES string of the molecule is O=C(O)C(=O)c1ccc(-c2ccc(-c3ccccc3)cc2)cc1. The molecule has 3 rings (SSSR count). The molecule has 0 bridgehead atoms. The van der Waals surface area contributed by atoms with Crippen molar-refractivity contribution in [2.45, 2.75) is 0 Å². The molecule has 3 aromatic carbocycles. The molecule has 0 aliphatic rings. The molecule has 0 aliphatic heterocycles. The van der Waals surface area contributed by atoms with Crippen LogP contribution in [0.25, 0.3) is 22.3 Å². The molecule has 0 radical (unpaired) electrons. The smallest absolute Gasteiger partial charge is 0.377 e. The first-order valence-corrected chi connectivity index (χ1v) is 7.19. The summed E-state index contributed by atoms with van der Waals surface area (Å²) in [6, 6.07) is 24.8. The van der Waals surface area contributed by atoms with Crippen LogP contribution in [0, 0.1) is 0 Å². The molecule has 0 atom stereocenters. The number of carboxylic acid groups (broad SMARTS) is 1. The van der Waals surface area contributed by atoms with Crippen LogP contribution in [-0.2, 0) is 4.79 Å². The highest BCUT2D eigenvalue weighted by molar-refractivity contribution is 6.39. The Balaban J connectivity index is 1.85. The summed E-state index contributed by atoms with van der Waals surface area (Å²) in [6.07, 6.45) is 0. The molecule has 0 unspecified atom stereocenters. The van der Waals surface area contributed by atoms with Crippen molar-refractivity contribution in [2.24, 2.45) is 0 Å². The first-order valence-electron chi connectivity index (χ1n) is 7.19. The van der Waals surface area contributed by atoms with Crippen molar-refractivity contribution in [2.75, 3.05) is 0 Å². The highest BCUT2D eigenvalue weighted by Crippen LogP contribution is 2.25. The quantitative estimate of drug-likeness (QED) is 0.578. The minimum Gasteiger partial charge on any atom is -0.475 e. The van der Waals surface area contributed by atoms with Gasteiger partial charge in [0, 0.05) is 5.56 Å². The lowest BCUT2D eigenvalue weighted by Crippen LogP contribution is -2.12. The second-order valence-corrected chi connectivity index (χ2v) is 5.16. The summed E-state index contributed by atoms with van der Waals surface area (Å²) in [6.45, 7) is 0. The number of Topliss-reactive ketones (excluding diaryl/α,β-unsaturated/α-hetero) is 1. The molecule has 0 fully saturated rings. The van der Waals surface area contributed by atoms with E-state index in [4.69, 9.17) is 5.11 Å². The monoisotopic (exact) mass is 302 g/mol. The molecule has 0 amide bonds. The van der Waals surface area contributed by atoms with Crippen LogP contribution < -0.4 is 0 Å². The predicted molar refractivity (Wildman–Crippen MR) is 89.3 cm³/mol. The van der Waals surface area contributed by atoms with Gasteiger partial charge in [0.05, 0.1) is 0 Å². The second-order valence-electron chi connectivity index (χ2n) is 5.16. The third-order valence-electron chi connectivity index (χ3n) is 3.67. The minimum atomic E-state index is -1.44. The summed E-state index contributed by atoms with van der Waals surface area (Å²) in [5, 5.41) is 8.71. The fourth-order valence-corrected chi connectivity index (χ4v) is 2.42. The lowest BCUT2D eigenvalue weighted by Gasteiger charge is -2.05. The minimum absolute atomic E-state index is 0.183. The number of hydrogen-bond donors (Lipinski definition) is 1. The molecule has 3 aromatic rings. The van der Waals surface area contributed by atoms with Gasteiger partial charge < -0.3 is 5.11 Å². The predicted octanol–water partition coefficient (Wildman–Crippen LogP) is 4.29. The van der Waals surface area contributed by atoms with Crippen LogP contribution >= 0.6 is 0 Å². The van der Waals surface area contributed by atoms with Crippen LogP contribution in [0.15, 0.2) is 78.9 Å². The largest absolute Gasteiger partial charge is 0.475 e. The van der Waals surface area contributed by atoms with Gasteiger partial charge in [-0.15, -0.1) is 0 Å². The summed E-state index contributed by atoms with van der Waals surface area (Å²) in [4.78, 5) is 22.1. The number of carboxylic acids is 1. The van der Waals surface area contributed by atoms with Crippen LogP contribution in [0.1, 0.15) is 10.4 Å². The maximum absolute atomic E-state index is 11.4. The molecule has 112 valence electrons. The van der Waals surface area contributed by atoms with Gasteiger partial charge in [0.2, 0.25) is 0 Å². The van der Waals surface area contributed by atoms with Crippen molar-refractivity contribution in [3.05, 3.63) is 84.4 Å². The highest BCUT2D eigenvalue weighted by atomic mass is 16.4. The van der Waals surface area contributed by atoms with E-state index < -0.39 is 11.8 Å². The maximum atomic E-state index is 11.4. The van der Waals surface area contributed by atoms with E-state index in [2.05, 4.69) is 12.1 Å². The van der Waals surface area contributed by atoms with Gasteiger partial charge in [-0.3, -0.25) is 4.79 Å². The Hall–Kier alpha value is -3.20. The molecule has 0 heterocycles. The second kappa shape index (κ2) is 6.28. The fourth-order valence-electron chi connectivity index (χ4n) is 2.42. The molecule has 0 spiro atoms. The fraction of sp³-hybridized carbons (Fsp3) is 0. The van der Waals surface area contributed by atoms with Crippen LogP contribution in [0.2, 0.25) is 0 Å². The molecular formula is C20H14O3. The standard InChI is InChI=1S/C20H14O3/c21-19(20(22)23)18-12-10-17(11-13-18)16-8-6-15(7-9-16)14-4-2-1-3-5-14/h1-13H,(H,22,23). The average molecular weight is 302 g/mol. The number of ketones is 1. The Bertz CT molecular complexity index is 832. The first kappa shape index (κ1) is 14.7. The third-order valence-corrected chi connectivity index (χ3v) is 3.67. The number of carbonyl (C=O) groups is 2. The van der Waals surface area contributed by atoms with E-state index in [0.717, 1.165) is 22.3 Å². The van der Waals surface area contributed by atoms with Crippen molar-refractivity contribution in [3.8, 4) is 22.3 Å². The van der Waals surface area contributed by atoms with Gasteiger partial charge in [0.25, 0.3) is 5.78 Å². The molecular weight excluding hydrogens is 288 g/mol. The zero-order valence-corrected chi connectivity index (χ0v) is 12.3. The number of aliphatic carboxylic acids is 1. The Labute approximate surface area is 133 Å². The number of rotatable bonds is 4. The Morgan fingerprint density at radius 1 is 0.565 bits per heavy atom. The van der Waals surface area contributed by atoms with Crippen LogP contribution in [-0.4, -0.2) is 16.9 Å². The van der Waals surface area contributed by atoms with E-state index in [0.29, 0.717) is 0 Å². The van der Waals surface area contributed by atoms with Crippen molar-refractivity contribution >= 4 is 11.8 Å². The van der Waals surface area contributed by atoms with Gasteiger partial charge >= 0.3 is 5.97 Å². The molecule has 3 nitrogen and oxygen atoms in total. The Morgan fingerprint density at radius 3 is 1.39 bits per heavy atom. The van der Waals surface area contributed by atoms with E-state index >= 15 is 0 Å². The summed E-state index contributed by atoms with van der Waals surface area (Å²) in [5.41, 5.74) is 4.42. The summed E-state index contributed by atoms with van der Waals surface area (Å²) in [7, 11) is 0. The van der Waals surface area contributed by atoms with Gasteiger partial charge in [0.1, 0.15) is 0 Å². The molecule has 1 N–H and O–H groups in total. The number of hydrogen-bond acceptors (Lipinski definition) is 2. The summed E-state index contributed by atoms with van der Waals surface area (Å²) >= 11 is 0. The van der Waals surface area contributed by atoms with Gasteiger partial charge in [-0.1, -0.05) is 78.9 Å². The number of carbonyl (C=O) groups excluding carboxylic acids is 1. The van der Waals surface area contributed by atoms with Crippen LogP contribution in [0.5, 0.6) is 0 Å². The summed E-state index contributed by atoms with van der Waals surface area (Å²) < 4.78 is 0. The average Bonchev–Trinajstić information content (AvgIpc) is 2.62. The number of benzene rings is 3. The zero-order valence-electron chi connectivity index (χ0n) is 12.3. The first-order chi connectivity index (χ1) is 11.1. The van der Waals surface area contributed by atoms with Crippen molar-refractivity contribution in [3.63, 3.8) is 0 Å². The van der Waals surface area contributed by atoms with Gasteiger partial charge in [0.15, 0.2) is 0 Å². The topological polar surface area (TPSA) is 54.4 Å². The third kappa shape index (κ3) is 3.19. The molecule has 0 aromatic heterocycles. The van der Waals surface area contributed by atoms with E-state index in [1.165, 1.54) is 12.1 Å². The lowest BCUT2D eigenvalue weighted by molar-refractivity contribution is -0.131. The highest BCUT2D eigenvalue weighted by Gasteiger charge is 2.13. The zero-order chi connectivity index (χ0) is 16.2. The summed E-state index contributed by atoms with van der Waals surface area (Å²) in [5.74, 6) is -2.33.